The standard InChI is InChI=1S/C9H9N3O3/c1-11-9(13)7-4-3-6(12(14)15-2)5-8(7)10-11/h3-5H,1-2H3/p+1. The quantitative estimate of drug-likeness (QED) is 0.743. The molecule has 0 aliphatic rings. The van der Waals surface area contributed by atoms with Crippen molar-refractivity contribution >= 4 is 16.6 Å². The Labute approximate surface area is 84.6 Å². The summed E-state index contributed by atoms with van der Waals surface area (Å²) in [5, 5.41) is 3.38. The highest BCUT2D eigenvalue weighted by Gasteiger charge is 2.16. The van der Waals surface area contributed by atoms with E-state index in [-0.39, 0.29) is 5.56 Å². The molecule has 0 aliphatic carbocycles. The second-order valence-corrected chi connectivity index (χ2v) is 3.15. The molecule has 0 atom stereocenters. The summed E-state index contributed by atoms with van der Waals surface area (Å²) in [5.41, 5.74) is 0.830. The number of H-pyrrole nitrogens is 1. The third kappa shape index (κ3) is 1.39. The maximum atomic E-state index is 11.5. The van der Waals surface area contributed by atoms with Crippen molar-refractivity contribution in [3.8, 4) is 0 Å². The summed E-state index contributed by atoms with van der Waals surface area (Å²) in [7, 11) is 2.90. The van der Waals surface area contributed by atoms with Gasteiger partial charge in [-0.1, -0.05) is 0 Å². The Bertz CT molecular complexity index is 582. The number of aromatic amines is 1. The van der Waals surface area contributed by atoms with Gasteiger partial charge in [-0.05, 0) is 6.07 Å². The van der Waals surface area contributed by atoms with Crippen LogP contribution in [-0.2, 0) is 11.9 Å². The molecule has 2 aromatic rings. The lowest BCUT2D eigenvalue weighted by Crippen LogP contribution is -2.10. The summed E-state index contributed by atoms with van der Waals surface area (Å²) >= 11 is 0. The SMILES string of the molecule is CO[N+](=O)c1ccc2c(=O)n(C)[nH]c2c1. The molecule has 0 aliphatic heterocycles. The summed E-state index contributed by atoms with van der Waals surface area (Å²) in [6.07, 6.45) is 0. The summed E-state index contributed by atoms with van der Waals surface area (Å²) in [5.74, 6) is 0. The lowest BCUT2D eigenvalue weighted by molar-refractivity contribution is -0.736. The molecule has 0 fully saturated rings. The molecule has 0 amide bonds. The van der Waals surface area contributed by atoms with Crippen LogP contribution < -0.4 is 5.56 Å². The molecule has 1 aromatic carbocycles. The number of benzene rings is 1. The molecule has 1 heterocycles. The maximum Gasteiger partial charge on any atom is 0.318 e. The zero-order chi connectivity index (χ0) is 11.0. The van der Waals surface area contributed by atoms with E-state index in [1.807, 2.05) is 0 Å². The first-order chi connectivity index (χ1) is 7.13. The molecular weight excluding hydrogens is 198 g/mol. The van der Waals surface area contributed by atoms with Gasteiger partial charge in [0.1, 0.15) is 0 Å². The molecule has 2 rings (SSSR count). The van der Waals surface area contributed by atoms with Gasteiger partial charge in [-0.25, -0.2) is 4.84 Å². The second-order valence-electron chi connectivity index (χ2n) is 3.15. The maximum absolute atomic E-state index is 11.5. The van der Waals surface area contributed by atoms with E-state index >= 15 is 0 Å². The van der Waals surface area contributed by atoms with Gasteiger partial charge in [0, 0.05) is 19.2 Å². The van der Waals surface area contributed by atoms with E-state index in [2.05, 4.69) is 9.94 Å². The largest absolute Gasteiger partial charge is 0.318 e. The van der Waals surface area contributed by atoms with Crippen molar-refractivity contribution in [2.45, 2.75) is 0 Å². The van der Waals surface area contributed by atoms with Crippen molar-refractivity contribution < 1.29 is 9.76 Å². The Hall–Kier alpha value is -2.11. The first-order valence-corrected chi connectivity index (χ1v) is 4.33. The van der Waals surface area contributed by atoms with E-state index in [1.165, 1.54) is 17.9 Å². The predicted molar refractivity (Wildman–Crippen MR) is 53.8 cm³/mol. The third-order valence-corrected chi connectivity index (χ3v) is 2.20. The van der Waals surface area contributed by atoms with Crippen LogP contribution in [0, 0.1) is 4.91 Å². The lowest BCUT2D eigenvalue weighted by atomic mass is 10.2. The van der Waals surface area contributed by atoms with Gasteiger partial charge in [0.2, 0.25) is 0 Å². The van der Waals surface area contributed by atoms with Gasteiger partial charge in [0.25, 0.3) is 10.5 Å². The zero-order valence-electron chi connectivity index (χ0n) is 8.35. The van der Waals surface area contributed by atoms with Crippen LogP contribution in [0.2, 0.25) is 0 Å². The van der Waals surface area contributed by atoms with Gasteiger partial charge in [-0.15, -0.1) is 0 Å². The van der Waals surface area contributed by atoms with Crippen LogP contribution in [0.15, 0.2) is 23.0 Å². The number of aryl methyl sites for hydroxylation is 1. The minimum atomic E-state index is -0.119. The van der Waals surface area contributed by atoms with Crippen molar-refractivity contribution in [3.05, 3.63) is 33.5 Å². The minimum absolute atomic E-state index is 0.119. The van der Waals surface area contributed by atoms with Crippen molar-refractivity contribution in [2.24, 2.45) is 7.05 Å². The zero-order valence-corrected chi connectivity index (χ0v) is 8.35. The molecule has 0 radical (unpaired) electrons. The molecule has 1 N–H and O–H groups in total. The number of aromatic nitrogens is 2. The Morgan fingerprint density at radius 2 is 2.20 bits per heavy atom. The highest BCUT2D eigenvalue weighted by atomic mass is 16.8. The fourth-order valence-electron chi connectivity index (χ4n) is 1.44. The average molecular weight is 208 g/mol. The smallest absolute Gasteiger partial charge is 0.295 e. The number of nitrogens with one attached hydrogen (secondary N) is 1. The molecule has 0 saturated carbocycles. The lowest BCUT2D eigenvalue weighted by Gasteiger charge is -1.88. The Balaban J connectivity index is 2.67. The predicted octanol–water partition coefficient (Wildman–Crippen LogP) is 0.838. The molecular formula is C9H10N3O3+. The van der Waals surface area contributed by atoms with E-state index in [1.54, 1.807) is 19.2 Å². The average Bonchev–Trinajstić information content (AvgIpc) is 2.53. The number of hydrogen-bond acceptors (Lipinski definition) is 3. The highest BCUT2D eigenvalue weighted by molar-refractivity contribution is 5.80. The van der Waals surface area contributed by atoms with Crippen LogP contribution >= 0.6 is 0 Å². The van der Waals surface area contributed by atoms with E-state index in [9.17, 15) is 9.70 Å². The van der Waals surface area contributed by atoms with Crippen molar-refractivity contribution in [3.63, 3.8) is 0 Å². The number of hydrogen-bond donors (Lipinski definition) is 1. The van der Waals surface area contributed by atoms with E-state index < -0.39 is 0 Å². The molecule has 1 aromatic heterocycles. The van der Waals surface area contributed by atoms with E-state index in [0.717, 1.165) is 0 Å². The van der Waals surface area contributed by atoms with Crippen molar-refractivity contribution in [1.82, 2.24) is 9.78 Å². The molecule has 6 nitrogen and oxygen atoms in total. The van der Waals surface area contributed by atoms with Gasteiger partial charge >= 0.3 is 5.69 Å². The minimum Gasteiger partial charge on any atom is -0.295 e. The number of nitrogens with zero attached hydrogens (tertiary/aromatic N) is 2. The van der Waals surface area contributed by atoms with Crippen molar-refractivity contribution in [2.75, 3.05) is 7.11 Å². The fourth-order valence-corrected chi connectivity index (χ4v) is 1.44. The normalized spacial score (nSPS) is 10.5. The van der Waals surface area contributed by atoms with Crippen LogP contribution in [0.25, 0.3) is 10.9 Å². The van der Waals surface area contributed by atoms with Gasteiger partial charge in [0.15, 0.2) is 7.11 Å². The fraction of sp³-hybridized carbons (Fsp3) is 0.222. The van der Waals surface area contributed by atoms with Crippen LogP contribution in [-0.4, -0.2) is 21.8 Å². The van der Waals surface area contributed by atoms with Gasteiger partial charge in [-0.3, -0.25) is 14.6 Å². The van der Waals surface area contributed by atoms with E-state index in [0.29, 0.717) is 21.5 Å². The Morgan fingerprint density at radius 3 is 2.87 bits per heavy atom. The van der Waals surface area contributed by atoms with Crippen LogP contribution in [0.1, 0.15) is 0 Å². The highest BCUT2D eigenvalue weighted by Crippen LogP contribution is 2.16. The van der Waals surface area contributed by atoms with Gasteiger partial charge in [-0.2, -0.15) is 0 Å². The second kappa shape index (κ2) is 3.23. The van der Waals surface area contributed by atoms with Gasteiger partial charge < -0.3 is 0 Å². The summed E-state index contributed by atoms with van der Waals surface area (Å²) in [4.78, 5) is 27.5. The van der Waals surface area contributed by atoms with Crippen LogP contribution in [0.4, 0.5) is 5.69 Å². The first-order valence-electron chi connectivity index (χ1n) is 4.33. The molecule has 15 heavy (non-hydrogen) atoms. The first kappa shape index (κ1) is 9.45. The Kier molecular flexibility index (Phi) is 2.03. The molecule has 0 unspecified atom stereocenters. The summed E-state index contributed by atoms with van der Waals surface area (Å²) < 4.78 is 1.36. The topological polar surface area (TPSA) is 67.1 Å². The third-order valence-electron chi connectivity index (χ3n) is 2.20. The number of fused-ring (bicyclic) bond motifs is 1. The molecule has 78 valence electrons. The molecule has 6 heteroatoms. The number of rotatable bonds is 2. The Morgan fingerprint density at radius 1 is 1.47 bits per heavy atom. The summed E-state index contributed by atoms with van der Waals surface area (Å²) in [6.45, 7) is 0. The molecule has 0 bridgehead atoms. The molecule has 0 spiro atoms. The van der Waals surface area contributed by atoms with E-state index in [4.69, 9.17) is 0 Å². The monoisotopic (exact) mass is 208 g/mol. The van der Waals surface area contributed by atoms with Crippen LogP contribution in [0.3, 0.4) is 0 Å². The van der Waals surface area contributed by atoms with Crippen molar-refractivity contribution in [1.29, 1.82) is 0 Å². The molecule has 0 saturated heterocycles. The van der Waals surface area contributed by atoms with Gasteiger partial charge in [0.05, 0.1) is 15.8 Å². The summed E-state index contributed by atoms with van der Waals surface area (Å²) in [6, 6.07) is 4.69. The van der Waals surface area contributed by atoms with Crippen LogP contribution in [0.5, 0.6) is 0 Å².